The Morgan fingerprint density at radius 1 is 0.967 bits per heavy atom. The second-order valence-corrected chi connectivity index (χ2v) is 8.23. The number of imidazole rings is 1. The maximum atomic E-state index is 12.8. The second-order valence-electron chi connectivity index (χ2n) is 8.23. The number of likely N-dealkylation sites (tertiary alicyclic amines) is 1. The highest BCUT2D eigenvalue weighted by atomic mass is 16.5. The van der Waals surface area contributed by atoms with E-state index in [1.165, 1.54) is 5.56 Å². The van der Waals surface area contributed by atoms with Gasteiger partial charge in [0.2, 0.25) is 5.91 Å². The molecule has 2 aliphatic rings. The first kappa shape index (κ1) is 19.3. The van der Waals surface area contributed by atoms with Crippen molar-refractivity contribution in [2.75, 3.05) is 39.4 Å². The number of rotatable bonds is 6. The number of ether oxygens (including phenoxy) is 1. The van der Waals surface area contributed by atoms with Gasteiger partial charge >= 0.3 is 0 Å². The van der Waals surface area contributed by atoms with Gasteiger partial charge in [-0.05, 0) is 17.7 Å². The van der Waals surface area contributed by atoms with Crippen LogP contribution in [-0.4, -0.2) is 64.7 Å². The molecule has 0 radical (unpaired) electrons. The molecule has 0 spiro atoms. The Morgan fingerprint density at radius 3 is 2.57 bits per heavy atom. The molecule has 1 aromatic heterocycles. The summed E-state index contributed by atoms with van der Waals surface area (Å²) < 4.78 is 7.82. The van der Waals surface area contributed by atoms with Crippen molar-refractivity contribution in [2.45, 2.75) is 25.4 Å². The Morgan fingerprint density at radius 2 is 1.73 bits per heavy atom. The van der Waals surface area contributed by atoms with E-state index in [2.05, 4.69) is 39.8 Å². The molecule has 30 heavy (non-hydrogen) atoms. The number of amides is 1. The van der Waals surface area contributed by atoms with Gasteiger partial charge in [-0.3, -0.25) is 9.69 Å². The number of fused-ring (bicyclic) bond motifs is 1. The van der Waals surface area contributed by atoms with E-state index >= 15 is 0 Å². The maximum Gasteiger partial charge on any atom is 0.223 e. The predicted octanol–water partition coefficient (Wildman–Crippen LogP) is 2.88. The summed E-state index contributed by atoms with van der Waals surface area (Å²) in [6, 6.07) is 18.5. The van der Waals surface area contributed by atoms with Gasteiger partial charge in [0.15, 0.2) is 0 Å². The van der Waals surface area contributed by atoms with Crippen LogP contribution in [0.3, 0.4) is 0 Å². The number of morpholine rings is 1. The summed E-state index contributed by atoms with van der Waals surface area (Å²) in [5.74, 6) is 1.40. The number of hydrogen-bond donors (Lipinski definition) is 0. The van der Waals surface area contributed by atoms with Crippen LogP contribution in [0.2, 0.25) is 0 Å². The van der Waals surface area contributed by atoms with E-state index in [1.54, 1.807) is 0 Å². The lowest BCUT2D eigenvalue weighted by atomic mass is 10.1. The molecular formula is C24H28N4O2. The summed E-state index contributed by atoms with van der Waals surface area (Å²) in [4.78, 5) is 22.2. The van der Waals surface area contributed by atoms with Crippen molar-refractivity contribution in [3.63, 3.8) is 0 Å². The van der Waals surface area contributed by atoms with Crippen LogP contribution >= 0.6 is 0 Å². The molecule has 5 rings (SSSR count). The lowest BCUT2D eigenvalue weighted by molar-refractivity contribution is -0.128. The largest absolute Gasteiger partial charge is 0.379 e. The molecule has 0 bridgehead atoms. The number of para-hydroxylation sites is 2. The van der Waals surface area contributed by atoms with E-state index in [0.717, 1.165) is 62.8 Å². The number of aromatic nitrogens is 2. The first-order valence-corrected chi connectivity index (χ1v) is 10.8. The number of carbonyl (C=O) groups excluding carboxylic acids is 1. The van der Waals surface area contributed by atoms with Gasteiger partial charge in [-0.25, -0.2) is 4.98 Å². The average Bonchev–Trinajstić information content (AvgIpc) is 3.34. The number of benzene rings is 2. The average molecular weight is 405 g/mol. The summed E-state index contributed by atoms with van der Waals surface area (Å²) in [6.07, 6.45) is 0.535. The fourth-order valence-corrected chi connectivity index (χ4v) is 4.61. The third kappa shape index (κ3) is 3.98. The molecule has 3 aromatic rings. The van der Waals surface area contributed by atoms with E-state index < -0.39 is 0 Å². The molecule has 1 amide bonds. The number of nitrogens with zero attached hydrogens (tertiary/aromatic N) is 4. The van der Waals surface area contributed by atoms with Gasteiger partial charge in [0.25, 0.3) is 0 Å². The molecule has 0 aliphatic carbocycles. The molecule has 3 heterocycles. The van der Waals surface area contributed by atoms with E-state index in [-0.39, 0.29) is 11.8 Å². The van der Waals surface area contributed by atoms with Gasteiger partial charge in [-0.2, -0.15) is 0 Å². The quantitative estimate of drug-likeness (QED) is 0.634. The zero-order chi connectivity index (χ0) is 20.3. The van der Waals surface area contributed by atoms with Crippen LogP contribution in [0.5, 0.6) is 0 Å². The molecule has 2 aromatic carbocycles. The Labute approximate surface area is 177 Å². The molecule has 156 valence electrons. The highest BCUT2D eigenvalue weighted by Crippen LogP contribution is 2.31. The van der Waals surface area contributed by atoms with Crippen LogP contribution in [0.1, 0.15) is 23.7 Å². The van der Waals surface area contributed by atoms with Crippen molar-refractivity contribution in [3.8, 4) is 0 Å². The Kier molecular flexibility index (Phi) is 5.51. The Hall–Kier alpha value is -2.70. The smallest absolute Gasteiger partial charge is 0.223 e. The van der Waals surface area contributed by atoms with Gasteiger partial charge in [0.1, 0.15) is 5.82 Å². The Balaban J connectivity index is 1.37. The van der Waals surface area contributed by atoms with Gasteiger partial charge < -0.3 is 14.2 Å². The van der Waals surface area contributed by atoms with Crippen LogP contribution in [-0.2, 0) is 22.6 Å². The molecule has 2 fully saturated rings. The standard InChI is InChI=1S/C24H28N4O2/c29-23-16-20(18-27(23)17-19-6-2-1-3-7-19)24-25-21-8-4-5-9-22(21)28(24)11-10-26-12-14-30-15-13-26/h1-9,20H,10-18H2/t20-/m1/s1. The van der Waals surface area contributed by atoms with Gasteiger partial charge in [0.05, 0.1) is 24.2 Å². The first-order chi connectivity index (χ1) is 14.8. The number of carbonyl (C=O) groups is 1. The van der Waals surface area contributed by atoms with Crippen molar-refractivity contribution in [3.05, 3.63) is 66.0 Å². The van der Waals surface area contributed by atoms with Crippen LogP contribution in [0.4, 0.5) is 0 Å². The maximum absolute atomic E-state index is 12.8. The van der Waals surface area contributed by atoms with E-state index in [9.17, 15) is 4.79 Å². The summed E-state index contributed by atoms with van der Waals surface area (Å²) in [6.45, 7) is 6.85. The summed E-state index contributed by atoms with van der Waals surface area (Å²) in [5.41, 5.74) is 3.35. The normalized spacial score (nSPS) is 20.3. The highest BCUT2D eigenvalue weighted by molar-refractivity contribution is 5.81. The minimum atomic E-state index is 0.137. The topological polar surface area (TPSA) is 50.6 Å². The molecule has 6 nitrogen and oxygen atoms in total. The highest BCUT2D eigenvalue weighted by Gasteiger charge is 2.34. The minimum absolute atomic E-state index is 0.137. The monoisotopic (exact) mass is 404 g/mol. The fraction of sp³-hybridized carbons (Fsp3) is 0.417. The minimum Gasteiger partial charge on any atom is -0.379 e. The van der Waals surface area contributed by atoms with E-state index in [4.69, 9.17) is 9.72 Å². The molecule has 0 saturated carbocycles. The molecule has 1 atom stereocenters. The summed E-state index contributed by atoms with van der Waals surface area (Å²) in [7, 11) is 0. The predicted molar refractivity (Wildman–Crippen MR) is 116 cm³/mol. The number of hydrogen-bond acceptors (Lipinski definition) is 4. The van der Waals surface area contributed by atoms with Crippen LogP contribution in [0.15, 0.2) is 54.6 Å². The van der Waals surface area contributed by atoms with Crippen molar-refractivity contribution in [2.24, 2.45) is 0 Å². The van der Waals surface area contributed by atoms with Crippen molar-refractivity contribution in [1.82, 2.24) is 19.4 Å². The van der Waals surface area contributed by atoms with Crippen molar-refractivity contribution < 1.29 is 9.53 Å². The van der Waals surface area contributed by atoms with Crippen LogP contribution in [0, 0.1) is 0 Å². The summed E-state index contributed by atoms with van der Waals surface area (Å²) >= 11 is 0. The molecule has 6 heteroatoms. The zero-order valence-corrected chi connectivity index (χ0v) is 17.2. The molecule has 0 unspecified atom stereocenters. The lowest BCUT2D eigenvalue weighted by Gasteiger charge is -2.27. The molecular weight excluding hydrogens is 376 g/mol. The van der Waals surface area contributed by atoms with Gasteiger partial charge in [-0.1, -0.05) is 42.5 Å². The lowest BCUT2D eigenvalue weighted by Crippen LogP contribution is -2.38. The van der Waals surface area contributed by atoms with E-state index in [0.29, 0.717) is 13.0 Å². The van der Waals surface area contributed by atoms with Gasteiger partial charge in [0, 0.05) is 51.6 Å². The van der Waals surface area contributed by atoms with Crippen molar-refractivity contribution >= 4 is 16.9 Å². The zero-order valence-electron chi connectivity index (χ0n) is 17.2. The van der Waals surface area contributed by atoms with E-state index in [1.807, 2.05) is 29.2 Å². The van der Waals surface area contributed by atoms with Crippen molar-refractivity contribution in [1.29, 1.82) is 0 Å². The van der Waals surface area contributed by atoms with Crippen LogP contribution < -0.4 is 0 Å². The first-order valence-electron chi connectivity index (χ1n) is 10.8. The SMILES string of the molecule is O=C1C[C@@H](c2nc3ccccc3n2CCN2CCOCC2)CN1Cc1ccccc1. The fourth-order valence-electron chi connectivity index (χ4n) is 4.61. The molecule has 2 aliphatic heterocycles. The van der Waals surface area contributed by atoms with Gasteiger partial charge in [-0.15, -0.1) is 0 Å². The summed E-state index contributed by atoms with van der Waals surface area (Å²) in [5, 5.41) is 0. The third-order valence-corrected chi connectivity index (χ3v) is 6.22. The molecule has 2 saturated heterocycles. The molecule has 0 N–H and O–H groups in total. The van der Waals surface area contributed by atoms with Crippen LogP contribution in [0.25, 0.3) is 11.0 Å². The second kappa shape index (κ2) is 8.58. The Bertz CT molecular complexity index is 1010. The third-order valence-electron chi connectivity index (χ3n) is 6.22.